The zero-order chi connectivity index (χ0) is 13.5. The number of aryl methyl sites for hydroxylation is 1. The molecule has 1 heterocycles. The van der Waals surface area contributed by atoms with Crippen molar-refractivity contribution < 1.29 is 9.84 Å². The van der Waals surface area contributed by atoms with E-state index in [1.54, 1.807) is 0 Å². The van der Waals surface area contributed by atoms with Crippen LogP contribution >= 0.6 is 0 Å². The number of benzene rings is 1. The van der Waals surface area contributed by atoms with Crippen molar-refractivity contribution in [2.24, 2.45) is 0 Å². The number of rotatable bonds is 6. The van der Waals surface area contributed by atoms with Crippen LogP contribution in [-0.4, -0.2) is 42.4 Å². The molecule has 106 valence electrons. The molecule has 0 aromatic heterocycles. The molecule has 1 fully saturated rings. The Hall–Kier alpha value is -1.06. The number of piperidine rings is 1. The van der Waals surface area contributed by atoms with Crippen LogP contribution in [0.5, 0.6) is 5.75 Å². The van der Waals surface area contributed by atoms with Crippen LogP contribution in [0.3, 0.4) is 0 Å². The Morgan fingerprint density at radius 3 is 2.95 bits per heavy atom. The van der Waals surface area contributed by atoms with Gasteiger partial charge in [0.05, 0.1) is 0 Å². The van der Waals surface area contributed by atoms with Crippen molar-refractivity contribution in [1.29, 1.82) is 0 Å². The van der Waals surface area contributed by atoms with Gasteiger partial charge in [-0.2, -0.15) is 0 Å². The van der Waals surface area contributed by atoms with Crippen LogP contribution in [-0.2, 0) is 0 Å². The van der Waals surface area contributed by atoms with Gasteiger partial charge in [-0.15, -0.1) is 0 Å². The summed E-state index contributed by atoms with van der Waals surface area (Å²) in [6, 6.07) is 8.68. The van der Waals surface area contributed by atoms with E-state index in [9.17, 15) is 0 Å². The highest BCUT2D eigenvalue weighted by molar-refractivity contribution is 5.31. The molecular weight excluding hydrogens is 238 g/mol. The zero-order valence-electron chi connectivity index (χ0n) is 11.8. The molecule has 19 heavy (non-hydrogen) atoms. The minimum Gasteiger partial charge on any atom is -0.492 e. The minimum atomic E-state index is 0.291. The maximum absolute atomic E-state index is 9.12. The summed E-state index contributed by atoms with van der Waals surface area (Å²) >= 11 is 0. The summed E-state index contributed by atoms with van der Waals surface area (Å²) in [5.74, 6) is 0.984. The highest BCUT2D eigenvalue weighted by atomic mass is 16.5. The van der Waals surface area contributed by atoms with Crippen LogP contribution in [0.1, 0.15) is 31.2 Å². The molecule has 1 aromatic carbocycles. The molecule has 0 radical (unpaired) electrons. The fraction of sp³-hybridized carbons (Fsp3) is 0.625. The van der Waals surface area contributed by atoms with Crippen LogP contribution in [0.15, 0.2) is 24.3 Å². The van der Waals surface area contributed by atoms with Gasteiger partial charge in [-0.1, -0.05) is 24.6 Å². The summed E-state index contributed by atoms with van der Waals surface area (Å²) in [4.78, 5) is 2.47. The number of aliphatic hydroxyl groups is 1. The normalized spacial score (nSPS) is 20.4. The monoisotopic (exact) mass is 263 g/mol. The molecule has 0 saturated carbocycles. The average molecular weight is 263 g/mol. The SMILES string of the molecule is Cc1ccccc1OCCN1CCCCC1CCO. The molecule has 2 rings (SSSR count). The quantitative estimate of drug-likeness (QED) is 0.856. The summed E-state index contributed by atoms with van der Waals surface area (Å²) < 4.78 is 5.86. The molecule has 3 nitrogen and oxygen atoms in total. The van der Waals surface area contributed by atoms with E-state index in [4.69, 9.17) is 9.84 Å². The third-order valence-corrected chi connectivity index (χ3v) is 3.94. The Morgan fingerprint density at radius 1 is 1.32 bits per heavy atom. The number of nitrogens with zero attached hydrogens (tertiary/aromatic N) is 1. The van der Waals surface area contributed by atoms with Crippen LogP contribution < -0.4 is 4.74 Å². The lowest BCUT2D eigenvalue weighted by atomic mass is 10.00. The molecular formula is C16H25NO2. The summed E-state index contributed by atoms with van der Waals surface area (Å²) in [6.07, 6.45) is 4.67. The van der Waals surface area contributed by atoms with Crippen LogP contribution in [0.25, 0.3) is 0 Å². The molecule has 1 unspecified atom stereocenters. The number of ether oxygens (including phenoxy) is 1. The van der Waals surface area contributed by atoms with Gasteiger partial charge in [-0.3, -0.25) is 4.90 Å². The molecule has 3 heteroatoms. The van der Waals surface area contributed by atoms with Crippen LogP contribution in [0.2, 0.25) is 0 Å². The Bertz CT molecular complexity index is 379. The van der Waals surface area contributed by atoms with E-state index in [1.807, 2.05) is 18.2 Å². The summed E-state index contributed by atoms with van der Waals surface area (Å²) in [7, 11) is 0. The Balaban J connectivity index is 1.79. The molecule has 1 aromatic rings. The molecule has 1 aliphatic rings. The summed E-state index contributed by atoms with van der Waals surface area (Å²) in [6.45, 7) is 5.19. The maximum Gasteiger partial charge on any atom is 0.122 e. The second kappa shape index (κ2) is 7.51. The fourth-order valence-corrected chi connectivity index (χ4v) is 2.82. The first kappa shape index (κ1) is 14.4. The van der Waals surface area contributed by atoms with Gasteiger partial charge in [-0.05, 0) is 44.4 Å². The maximum atomic E-state index is 9.12. The number of likely N-dealkylation sites (tertiary alicyclic amines) is 1. The fourth-order valence-electron chi connectivity index (χ4n) is 2.82. The van der Waals surface area contributed by atoms with Crippen molar-refractivity contribution >= 4 is 0 Å². The Kier molecular flexibility index (Phi) is 5.67. The third-order valence-electron chi connectivity index (χ3n) is 3.94. The predicted octanol–water partition coefficient (Wildman–Crippen LogP) is 2.61. The number of aliphatic hydroxyl groups excluding tert-OH is 1. The molecule has 1 N–H and O–H groups in total. The average Bonchev–Trinajstić information content (AvgIpc) is 2.43. The van der Waals surface area contributed by atoms with E-state index in [0.29, 0.717) is 12.6 Å². The van der Waals surface area contributed by atoms with Crippen molar-refractivity contribution in [1.82, 2.24) is 4.90 Å². The van der Waals surface area contributed by atoms with Gasteiger partial charge in [0, 0.05) is 19.2 Å². The van der Waals surface area contributed by atoms with Gasteiger partial charge in [0.2, 0.25) is 0 Å². The van der Waals surface area contributed by atoms with E-state index >= 15 is 0 Å². The Morgan fingerprint density at radius 2 is 2.16 bits per heavy atom. The molecule has 0 aliphatic carbocycles. The smallest absolute Gasteiger partial charge is 0.122 e. The second-order valence-corrected chi connectivity index (χ2v) is 5.31. The molecule has 1 saturated heterocycles. The van der Waals surface area contributed by atoms with E-state index in [2.05, 4.69) is 17.9 Å². The van der Waals surface area contributed by atoms with E-state index < -0.39 is 0 Å². The minimum absolute atomic E-state index is 0.291. The van der Waals surface area contributed by atoms with Gasteiger partial charge >= 0.3 is 0 Å². The lowest BCUT2D eigenvalue weighted by Gasteiger charge is -2.35. The highest BCUT2D eigenvalue weighted by Crippen LogP contribution is 2.20. The van der Waals surface area contributed by atoms with E-state index in [1.165, 1.54) is 24.8 Å². The first-order chi connectivity index (χ1) is 9.31. The first-order valence-corrected chi connectivity index (χ1v) is 7.34. The van der Waals surface area contributed by atoms with Gasteiger partial charge in [0.15, 0.2) is 0 Å². The number of hydrogen-bond donors (Lipinski definition) is 1. The Labute approximate surface area is 116 Å². The number of hydrogen-bond acceptors (Lipinski definition) is 3. The summed E-state index contributed by atoms with van der Waals surface area (Å²) in [5, 5.41) is 9.12. The lowest BCUT2D eigenvalue weighted by Crippen LogP contribution is -2.42. The molecule has 0 spiro atoms. The summed E-state index contributed by atoms with van der Waals surface area (Å²) in [5.41, 5.74) is 1.19. The standard InChI is InChI=1S/C16H25NO2/c1-14-6-2-3-8-16(14)19-13-11-17-10-5-4-7-15(17)9-12-18/h2-3,6,8,15,18H,4-5,7,9-13H2,1H3. The molecule has 1 atom stereocenters. The van der Waals surface area contributed by atoms with Crippen LogP contribution in [0, 0.1) is 6.92 Å². The molecule has 0 bridgehead atoms. The first-order valence-electron chi connectivity index (χ1n) is 7.34. The van der Waals surface area contributed by atoms with E-state index in [0.717, 1.165) is 31.9 Å². The largest absolute Gasteiger partial charge is 0.492 e. The van der Waals surface area contributed by atoms with Crippen molar-refractivity contribution in [3.05, 3.63) is 29.8 Å². The lowest BCUT2D eigenvalue weighted by molar-refractivity contribution is 0.101. The predicted molar refractivity (Wildman–Crippen MR) is 77.6 cm³/mol. The van der Waals surface area contributed by atoms with Gasteiger partial charge in [-0.25, -0.2) is 0 Å². The molecule has 1 aliphatic heterocycles. The third kappa shape index (κ3) is 4.22. The molecule has 0 amide bonds. The van der Waals surface area contributed by atoms with Crippen LogP contribution in [0.4, 0.5) is 0 Å². The van der Waals surface area contributed by atoms with Gasteiger partial charge in [0.1, 0.15) is 12.4 Å². The zero-order valence-corrected chi connectivity index (χ0v) is 11.8. The van der Waals surface area contributed by atoms with E-state index in [-0.39, 0.29) is 0 Å². The highest BCUT2D eigenvalue weighted by Gasteiger charge is 2.21. The van der Waals surface area contributed by atoms with Gasteiger partial charge < -0.3 is 9.84 Å². The number of para-hydroxylation sites is 1. The van der Waals surface area contributed by atoms with Crippen molar-refractivity contribution in [2.75, 3.05) is 26.3 Å². The van der Waals surface area contributed by atoms with Crippen molar-refractivity contribution in [3.8, 4) is 5.75 Å². The van der Waals surface area contributed by atoms with Crippen molar-refractivity contribution in [2.45, 2.75) is 38.6 Å². The second-order valence-electron chi connectivity index (χ2n) is 5.31. The van der Waals surface area contributed by atoms with Gasteiger partial charge in [0.25, 0.3) is 0 Å². The topological polar surface area (TPSA) is 32.7 Å². The van der Waals surface area contributed by atoms with Crippen molar-refractivity contribution in [3.63, 3.8) is 0 Å².